The van der Waals surface area contributed by atoms with Gasteiger partial charge in [0.1, 0.15) is 5.75 Å². The van der Waals surface area contributed by atoms with E-state index in [1.165, 1.54) is 5.56 Å². The van der Waals surface area contributed by atoms with E-state index >= 15 is 0 Å². The second-order valence-corrected chi connectivity index (χ2v) is 6.04. The number of hydrogen-bond donors (Lipinski definition) is 1. The number of benzene rings is 2. The number of nitrogens with two attached hydrogens (primary N) is 1. The molecule has 0 bridgehead atoms. The van der Waals surface area contributed by atoms with E-state index in [-0.39, 0.29) is 6.04 Å². The van der Waals surface area contributed by atoms with E-state index in [4.69, 9.17) is 10.5 Å². The summed E-state index contributed by atoms with van der Waals surface area (Å²) in [6.07, 6.45) is 0.824. The summed E-state index contributed by atoms with van der Waals surface area (Å²) < 4.78 is 6.48. The van der Waals surface area contributed by atoms with Crippen LogP contribution in [0.4, 0.5) is 0 Å². The lowest BCUT2D eigenvalue weighted by Crippen LogP contribution is -2.14. The maximum absolute atomic E-state index is 6.35. The Labute approximate surface area is 129 Å². The van der Waals surface area contributed by atoms with Crippen LogP contribution in [-0.4, -0.2) is 7.11 Å². The zero-order valence-corrected chi connectivity index (χ0v) is 13.7. The molecule has 0 saturated carbocycles. The Morgan fingerprint density at radius 2 is 1.80 bits per heavy atom. The monoisotopic (exact) mass is 333 g/mol. The number of ether oxygens (including phenoxy) is 1. The first kappa shape index (κ1) is 15.1. The van der Waals surface area contributed by atoms with Gasteiger partial charge in [-0.3, -0.25) is 0 Å². The van der Waals surface area contributed by atoms with Crippen LogP contribution in [0.5, 0.6) is 5.75 Å². The summed E-state index contributed by atoms with van der Waals surface area (Å²) in [4.78, 5) is 0. The van der Waals surface area contributed by atoms with E-state index in [0.717, 1.165) is 33.3 Å². The average molecular weight is 334 g/mol. The first-order valence-corrected chi connectivity index (χ1v) is 7.45. The maximum Gasteiger partial charge on any atom is 0.124 e. The predicted octanol–water partition coefficient (Wildman–Crippen LogP) is 4.32. The van der Waals surface area contributed by atoms with Gasteiger partial charge in [0.2, 0.25) is 0 Å². The summed E-state index contributed by atoms with van der Waals surface area (Å²) in [7, 11) is 1.70. The van der Waals surface area contributed by atoms with Crippen molar-refractivity contribution < 1.29 is 4.74 Å². The first-order valence-electron chi connectivity index (χ1n) is 6.66. The smallest absolute Gasteiger partial charge is 0.124 e. The second kappa shape index (κ2) is 6.42. The Bertz CT molecular complexity index is 587. The van der Waals surface area contributed by atoms with Crippen LogP contribution in [0.3, 0.4) is 0 Å². The molecule has 2 nitrogen and oxygen atoms in total. The molecule has 1 unspecified atom stereocenters. The highest BCUT2D eigenvalue weighted by Gasteiger charge is 2.12. The molecule has 2 N–H and O–H groups in total. The number of rotatable bonds is 4. The third-order valence-electron chi connectivity index (χ3n) is 3.46. The zero-order chi connectivity index (χ0) is 14.7. The minimum atomic E-state index is -0.00685. The highest BCUT2D eigenvalue weighted by atomic mass is 79.9. The summed E-state index contributed by atoms with van der Waals surface area (Å²) in [5.74, 6) is 0.948. The van der Waals surface area contributed by atoms with Gasteiger partial charge in [-0.15, -0.1) is 0 Å². The van der Waals surface area contributed by atoms with Crippen LogP contribution >= 0.6 is 15.9 Å². The molecule has 0 saturated heterocycles. The molecule has 20 heavy (non-hydrogen) atoms. The van der Waals surface area contributed by atoms with E-state index in [0.29, 0.717) is 0 Å². The molecule has 0 aliphatic carbocycles. The number of hydrogen-bond acceptors (Lipinski definition) is 2. The number of aryl methyl sites for hydroxylation is 2. The van der Waals surface area contributed by atoms with Crippen LogP contribution in [0.25, 0.3) is 0 Å². The molecule has 0 amide bonds. The largest absolute Gasteiger partial charge is 0.496 e. The SMILES string of the molecule is COc1c(C)cc(C(N)Cc2cccc(Br)c2)cc1C. The van der Waals surface area contributed by atoms with Gasteiger partial charge >= 0.3 is 0 Å². The molecule has 2 rings (SSSR count). The molecule has 0 aliphatic rings. The molecule has 2 aromatic rings. The Kier molecular flexibility index (Phi) is 4.84. The van der Waals surface area contributed by atoms with Gasteiger partial charge in [-0.1, -0.05) is 40.2 Å². The van der Waals surface area contributed by atoms with Crippen molar-refractivity contribution >= 4 is 15.9 Å². The van der Waals surface area contributed by atoms with Gasteiger partial charge < -0.3 is 10.5 Å². The number of methoxy groups -OCH3 is 1. The molecule has 0 heterocycles. The van der Waals surface area contributed by atoms with Gasteiger partial charge in [0, 0.05) is 10.5 Å². The molecule has 2 aromatic carbocycles. The minimum absolute atomic E-state index is 0.00685. The predicted molar refractivity (Wildman–Crippen MR) is 87.2 cm³/mol. The van der Waals surface area contributed by atoms with E-state index in [1.54, 1.807) is 7.11 Å². The van der Waals surface area contributed by atoms with Crippen molar-refractivity contribution in [3.05, 3.63) is 63.1 Å². The lowest BCUT2D eigenvalue weighted by atomic mass is 9.96. The molecule has 3 heteroatoms. The minimum Gasteiger partial charge on any atom is -0.496 e. The first-order chi connectivity index (χ1) is 9.51. The second-order valence-electron chi connectivity index (χ2n) is 5.13. The van der Waals surface area contributed by atoms with Crippen LogP contribution in [0.2, 0.25) is 0 Å². The third-order valence-corrected chi connectivity index (χ3v) is 3.95. The topological polar surface area (TPSA) is 35.2 Å². The van der Waals surface area contributed by atoms with Gasteiger partial charge in [-0.05, 0) is 54.7 Å². The van der Waals surface area contributed by atoms with Gasteiger partial charge in [0.05, 0.1) is 7.11 Å². The Morgan fingerprint density at radius 3 is 2.35 bits per heavy atom. The van der Waals surface area contributed by atoms with Crippen molar-refractivity contribution in [3.8, 4) is 5.75 Å². The van der Waals surface area contributed by atoms with Crippen molar-refractivity contribution in [2.24, 2.45) is 5.73 Å². The van der Waals surface area contributed by atoms with E-state index in [1.807, 2.05) is 12.1 Å². The van der Waals surface area contributed by atoms with Crippen molar-refractivity contribution in [2.75, 3.05) is 7.11 Å². The molecule has 0 spiro atoms. The van der Waals surface area contributed by atoms with Crippen LogP contribution in [0, 0.1) is 13.8 Å². The summed E-state index contributed by atoms with van der Waals surface area (Å²) in [6, 6.07) is 12.5. The maximum atomic E-state index is 6.35. The van der Waals surface area contributed by atoms with Gasteiger partial charge in [-0.2, -0.15) is 0 Å². The summed E-state index contributed by atoms with van der Waals surface area (Å²) >= 11 is 3.49. The fraction of sp³-hybridized carbons (Fsp3) is 0.294. The van der Waals surface area contributed by atoms with Gasteiger partial charge in [-0.25, -0.2) is 0 Å². The highest BCUT2D eigenvalue weighted by molar-refractivity contribution is 9.10. The summed E-state index contributed by atoms with van der Waals surface area (Å²) in [5.41, 5.74) is 11.0. The van der Waals surface area contributed by atoms with Crippen molar-refractivity contribution in [1.29, 1.82) is 0 Å². The molecule has 0 aliphatic heterocycles. The zero-order valence-electron chi connectivity index (χ0n) is 12.1. The average Bonchev–Trinajstić information content (AvgIpc) is 2.38. The van der Waals surface area contributed by atoms with Gasteiger partial charge in [0.25, 0.3) is 0 Å². The molecule has 106 valence electrons. The van der Waals surface area contributed by atoms with Crippen LogP contribution in [0.1, 0.15) is 28.3 Å². The Morgan fingerprint density at radius 1 is 1.15 bits per heavy atom. The Balaban J connectivity index is 2.23. The molecular formula is C17H20BrNO. The van der Waals surface area contributed by atoms with Gasteiger partial charge in [0.15, 0.2) is 0 Å². The summed E-state index contributed by atoms with van der Waals surface area (Å²) in [5, 5.41) is 0. The van der Waals surface area contributed by atoms with E-state index in [9.17, 15) is 0 Å². The standard InChI is InChI=1S/C17H20BrNO/c1-11-7-14(8-12(2)17(11)20-3)16(19)10-13-5-4-6-15(18)9-13/h4-9,16H,10,19H2,1-3H3. The number of halogens is 1. The summed E-state index contributed by atoms with van der Waals surface area (Å²) in [6.45, 7) is 4.11. The highest BCUT2D eigenvalue weighted by Crippen LogP contribution is 2.28. The third kappa shape index (κ3) is 3.41. The van der Waals surface area contributed by atoms with Crippen molar-refractivity contribution in [3.63, 3.8) is 0 Å². The van der Waals surface area contributed by atoms with Crippen LogP contribution < -0.4 is 10.5 Å². The van der Waals surface area contributed by atoms with Crippen LogP contribution in [0.15, 0.2) is 40.9 Å². The van der Waals surface area contributed by atoms with E-state index in [2.05, 4.69) is 54.0 Å². The van der Waals surface area contributed by atoms with E-state index < -0.39 is 0 Å². The van der Waals surface area contributed by atoms with Crippen molar-refractivity contribution in [1.82, 2.24) is 0 Å². The molecule has 0 fully saturated rings. The molecular weight excluding hydrogens is 314 g/mol. The molecule has 0 aromatic heterocycles. The Hall–Kier alpha value is -1.32. The van der Waals surface area contributed by atoms with Crippen molar-refractivity contribution in [2.45, 2.75) is 26.3 Å². The lowest BCUT2D eigenvalue weighted by molar-refractivity contribution is 0.408. The quantitative estimate of drug-likeness (QED) is 0.904. The van der Waals surface area contributed by atoms with Crippen LogP contribution in [-0.2, 0) is 6.42 Å². The molecule has 0 radical (unpaired) electrons. The molecule has 1 atom stereocenters. The lowest BCUT2D eigenvalue weighted by Gasteiger charge is -2.16. The fourth-order valence-electron chi connectivity index (χ4n) is 2.56. The fourth-order valence-corrected chi connectivity index (χ4v) is 3.00. The normalized spacial score (nSPS) is 12.2.